The molecular weight excluding hydrogens is 362 g/mol. The second-order valence-corrected chi connectivity index (χ2v) is 9.73. The van der Waals surface area contributed by atoms with E-state index in [1.807, 2.05) is 45.0 Å². The first-order chi connectivity index (χ1) is 13.5. The van der Waals surface area contributed by atoms with Crippen LogP contribution in [0, 0.1) is 5.41 Å². The number of rotatable bonds is 5. The van der Waals surface area contributed by atoms with Gasteiger partial charge in [0.15, 0.2) is 0 Å². The Morgan fingerprint density at radius 2 is 1.69 bits per heavy atom. The molecule has 0 amide bonds. The van der Waals surface area contributed by atoms with Crippen molar-refractivity contribution in [2.24, 2.45) is 5.41 Å². The SMILES string of the molecule is CC(C)c1ccc([C@](O)(c2cccc(C(=O)OC(C)(C)C)c2)C2(C)CNC2)cc1. The Hall–Kier alpha value is -2.17. The minimum atomic E-state index is -1.22. The van der Waals surface area contributed by atoms with E-state index in [1.54, 1.807) is 12.1 Å². The van der Waals surface area contributed by atoms with Crippen molar-refractivity contribution in [2.45, 2.75) is 58.7 Å². The van der Waals surface area contributed by atoms with Crippen LogP contribution in [-0.2, 0) is 10.3 Å². The normalized spacial score (nSPS) is 18.1. The molecule has 2 aromatic rings. The van der Waals surface area contributed by atoms with E-state index in [-0.39, 0.29) is 11.4 Å². The zero-order valence-electron chi connectivity index (χ0n) is 18.4. The molecular formula is C25H33NO3. The molecule has 29 heavy (non-hydrogen) atoms. The van der Waals surface area contributed by atoms with Crippen LogP contribution >= 0.6 is 0 Å². The highest BCUT2D eigenvalue weighted by molar-refractivity contribution is 5.90. The number of carbonyl (C=O) groups is 1. The smallest absolute Gasteiger partial charge is 0.338 e. The van der Waals surface area contributed by atoms with E-state index in [2.05, 4.69) is 38.2 Å². The number of esters is 1. The molecule has 0 aliphatic carbocycles. The summed E-state index contributed by atoms with van der Waals surface area (Å²) in [7, 11) is 0. The van der Waals surface area contributed by atoms with Crippen molar-refractivity contribution >= 4 is 5.97 Å². The van der Waals surface area contributed by atoms with Gasteiger partial charge >= 0.3 is 5.97 Å². The van der Waals surface area contributed by atoms with Crippen molar-refractivity contribution in [1.82, 2.24) is 5.32 Å². The van der Waals surface area contributed by atoms with Crippen LogP contribution in [-0.4, -0.2) is 29.8 Å². The zero-order chi connectivity index (χ0) is 21.4. The lowest BCUT2D eigenvalue weighted by atomic mass is 9.62. The highest BCUT2D eigenvalue weighted by Crippen LogP contribution is 2.47. The van der Waals surface area contributed by atoms with Gasteiger partial charge in [-0.05, 0) is 55.5 Å². The summed E-state index contributed by atoms with van der Waals surface area (Å²) in [6.45, 7) is 13.3. The number of carbonyl (C=O) groups excluding carboxylic acids is 1. The van der Waals surface area contributed by atoms with Crippen LogP contribution in [0.5, 0.6) is 0 Å². The fourth-order valence-electron chi connectivity index (χ4n) is 3.94. The molecule has 0 unspecified atom stereocenters. The third kappa shape index (κ3) is 4.10. The van der Waals surface area contributed by atoms with Gasteiger partial charge in [-0.15, -0.1) is 0 Å². The van der Waals surface area contributed by atoms with Crippen LogP contribution in [0.1, 0.15) is 74.5 Å². The monoisotopic (exact) mass is 395 g/mol. The van der Waals surface area contributed by atoms with Crippen LogP contribution < -0.4 is 5.32 Å². The average molecular weight is 396 g/mol. The Labute approximate surface area is 174 Å². The Balaban J connectivity index is 2.06. The van der Waals surface area contributed by atoms with Gasteiger partial charge in [0.25, 0.3) is 0 Å². The van der Waals surface area contributed by atoms with E-state index in [1.165, 1.54) is 5.56 Å². The molecule has 0 aromatic heterocycles. The van der Waals surface area contributed by atoms with E-state index >= 15 is 0 Å². The molecule has 0 radical (unpaired) electrons. The van der Waals surface area contributed by atoms with Gasteiger partial charge in [0.2, 0.25) is 0 Å². The molecule has 2 aromatic carbocycles. The molecule has 1 aliphatic heterocycles. The summed E-state index contributed by atoms with van der Waals surface area (Å²) in [6.07, 6.45) is 0. The fourth-order valence-corrected chi connectivity index (χ4v) is 3.94. The first-order valence-corrected chi connectivity index (χ1v) is 10.3. The molecule has 0 spiro atoms. The van der Waals surface area contributed by atoms with Gasteiger partial charge < -0.3 is 15.2 Å². The summed E-state index contributed by atoms with van der Waals surface area (Å²) >= 11 is 0. The lowest BCUT2D eigenvalue weighted by Gasteiger charge is -2.52. The quantitative estimate of drug-likeness (QED) is 0.726. The molecule has 1 fully saturated rings. The van der Waals surface area contributed by atoms with Gasteiger partial charge in [-0.2, -0.15) is 0 Å². The number of aliphatic hydroxyl groups is 1. The van der Waals surface area contributed by atoms with Gasteiger partial charge in [-0.3, -0.25) is 0 Å². The second-order valence-electron chi connectivity index (χ2n) is 9.73. The molecule has 0 bridgehead atoms. The summed E-state index contributed by atoms with van der Waals surface area (Å²) < 4.78 is 5.53. The first kappa shape index (κ1) is 21.5. The Bertz CT molecular complexity index is 876. The first-order valence-electron chi connectivity index (χ1n) is 10.3. The summed E-state index contributed by atoms with van der Waals surface area (Å²) in [6, 6.07) is 15.4. The molecule has 1 saturated heterocycles. The number of hydrogen-bond acceptors (Lipinski definition) is 4. The van der Waals surface area contributed by atoms with Crippen LogP contribution in [0.25, 0.3) is 0 Å². The molecule has 0 saturated carbocycles. The zero-order valence-corrected chi connectivity index (χ0v) is 18.4. The fraction of sp³-hybridized carbons (Fsp3) is 0.480. The molecule has 2 N–H and O–H groups in total. The van der Waals surface area contributed by atoms with Crippen molar-refractivity contribution in [3.63, 3.8) is 0 Å². The largest absolute Gasteiger partial charge is 0.456 e. The van der Waals surface area contributed by atoms with E-state index in [0.717, 1.165) is 5.56 Å². The lowest BCUT2D eigenvalue weighted by Crippen LogP contribution is -2.63. The predicted molar refractivity (Wildman–Crippen MR) is 116 cm³/mol. The maximum Gasteiger partial charge on any atom is 0.338 e. The topological polar surface area (TPSA) is 58.6 Å². The Morgan fingerprint density at radius 1 is 1.07 bits per heavy atom. The molecule has 156 valence electrons. The molecule has 4 nitrogen and oxygen atoms in total. The van der Waals surface area contributed by atoms with Crippen LogP contribution in [0.3, 0.4) is 0 Å². The van der Waals surface area contributed by atoms with Crippen molar-refractivity contribution < 1.29 is 14.6 Å². The van der Waals surface area contributed by atoms with Crippen molar-refractivity contribution in [3.05, 3.63) is 70.8 Å². The summed E-state index contributed by atoms with van der Waals surface area (Å²) in [4.78, 5) is 12.6. The molecule has 1 heterocycles. The van der Waals surface area contributed by atoms with Gasteiger partial charge in [-0.25, -0.2) is 4.79 Å². The standard InChI is InChI=1S/C25H33NO3/c1-17(2)18-10-12-20(13-11-18)25(28,24(6)15-26-16-24)21-9-7-8-19(14-21)22(27)29-23(3,4)5/h7-14,17,26,28H,15-16H2,1-6H3/t25-/m0/s1. The van der Waals surface area contributed by atoms with Gasteiger partial charge in [0.05, 0.1) is 5.56 Å². The van der Waals surface area contributed by atoms with Gasteiger partial charge in [0, 0.05) is 18.5 Å². The van der Waals surface area contributed by atoms with E-state index in [9.17, 15) is 9.90 Å². The van der Waals surface area contributed by atoms with E-state index in [4.69, 9.17) is 4.74 Å². The maximum atomic E-state index is 12.6. The van der Waals surface area contributed by atoms with Crippen molar-refractivity contribution in [1.29, 1.82) is 0 Å². The van der Waals surface area contributed by atoms with E-state index < -0.39 is 11.2 Å². The van der Waals surface area contributed by atoms with Crippen LogP contribution in [0.4, 0.5) is 0 Å². The summed E-state index contributed by atoms with van der Waals surface area (Å²) in [5.41, 5.74) is 1.07. The molecule has 1 aliphatic rings. The third-order valence-corrected chi connectivity index (χ3v) is 5.81. The van der Waals surface area contributed by atoms with Crippen LogP contribution in [0.2, 0.25) is 0 Å². The Kier molecular flexibility index (Phi) is 5.63. The number of ether oxygens (including phenoxy) is 1. The minimum Gasteiger partial charge on any atom is -0.456 e. The predicted octanol–water partition coefficient (Wildman–Crippen LogP) is 4.61. The maximum absolute atomic E-state index is 12.6. The van der Waals surface area contributed by atoms with Crippen LogP contribution in [0.15, 0.2) is 48.5 Å². The third-order valence-electron chi connectivity index (χ3n) is 5.81. The molecule has 4 heteroatoms. The molecule has 1 atom stereocenters. The second kappa shape index (κ2) is 7.58. The van der Waals surface area contributed by atoms with Crippen molar-refractivity contribution in [3.8, 4) is 0 Å². The molecule has 3 rings (SSSR count). The number of hydrogen-bond donors (Lipinski definition) is 2. The minimum absolute atomic E-state index is 0.376. The number of nitrogens with one attached hydrogen (secondary N) is 1. The average Bonchev–Trinajstić information content (AvgIpc) is 2.64. The summed E-state index contributed by atoms with van der Waals surface area (Å²) in [5.74, 6) is 0.0438. The van der Waals surface area contributed by atoms with E-state index in [0.29, 0.717) is 30.1 Å². The lowest BCUT2D eigenvalue weighted by molar-refractivity contribution is -0.0768. The summed E-state index contributed by atoms with van der Waals surface area (Å²) in [5, 5.41) is 15.4. The van der Waals surface area contributed by atoms with Gasteiger partial charge in [0.1, 0.15) is 11.2 Å². The Morgan fingerprint density at radius 3 is 2.17 bits per heavy atom. The number of benzene rings is 2. The van der Waals surface area contributed by atoms with Crippen molar-refractivity contribution in [2.75, 3.05) is 13.1 Å². The van der Waals surface area contributed by atoms with Gasteiger partial charge in [-0.1, -0.05) is 57.2 Å². The highest BCUT2D eigenvalue weighted by atomic mass is 16.6. The highest BCUT2D eigenvalue weighted by Gasteiger charge is 2.53.